The number of nitrogens with one attached hydrogen (secondary N) is 14. The van der Waals surface area contributed by atoms with Gasteiger partial charge in [0, 0.05) is 48.0 Å². The molecule has 0 aliphatic carbocycles. The highest BCUT2D eigenvalue weighted by molar-refractivity contribution is 7.80. The summed E-state index contributed by atoms with van der Waals surface area (Å²) in [5.41, 5.74) is 18.4. The molecule has 11 amide bonds. The van der Waals surface area contributed by atoms with Gasteiger partial charge in [-0.3, -0.25) is 58.1 Å². The number of H-pyrrole nitrogens is 1. The molecule has 0 saturated heterocycles. The molecule has 0 aliphatic heterocycles. The van der Waals surface area contributed by atoms with E-state index in [-0.39, 0.29) is 86.5 Å². The summed E-state index contributed by atoms with van der Waals surface area (Å²) in [6.45, 7) is 7.01. The topological polar surface area (TPSA) is 507 Å². The third kappa shape index (κ3) is 28.2. The number of aromatic hydroxyl groups is 1. The molecule has 508 valence electrons. The number of thiol groups is 2. The number of phenols is 1. The smallest absolute Gasteiger partial charge is 0.326 e. The number of rotatable bonds is 41. The molecule has 1 aromatic heterocycles. The molecule has 0 saturated carbocycles. The van der Waals surface area contributed by atoms with E-state index in [1.165, 1.54) is 31.2 Å². The predicted octanol–water partition coefficient (Wildman–Crippen LogP) is -3.34. The van der Waals surface area contributed by atoms with Crippen LogP contribution in [0.1, 0.15) is 90.7 Å². The molecular formula is C59H91N17O14S2. The summed E-state index contributed by atoms with van der Waals surface area (Å²) in [5.74, 6) is -11.6. The molecule has 0 spiro atoms. The maximum Gasteiger partial charge on any atom is 0.326 e. The lowest BCUT2D eigenvalue weighted by Gasteiger charge is -2.27. The highest BCUT2D eigenvalue weighted by Gasteiger charge is 2.34. The second-order valence-corrected chi connectivity index (χ2v) is 23.5. The number of benzene rings is 2. The molecule has 1 heterocycles. The van der Waals surface area contributed by atoms with E-state index in [0.29, 0.717) is 41.4 Å². The van der Waals surface area contributed by atoms with Crippen LogP contribution in [0.4, 0.5) is 0 Å². The largest absolute Gasteiger partial charge is 0.508 e. The second kappa shape index (κ2) is 40.2. The van der Waals surface area contributed by atoms with E-state index in [4.69, 9.17) is 22.6 Å². The summed E-state index contributed by atoms with van der Waals surface area (Å²) in [5, 5.41) is 58.1. The van der Waals surface area contributed by atoms with E-state index < -0.39 is 145 Å². The third-order valence-electron chi connectivity index (χ3n) is 14.0. The highest BCUT2D eigenvalue weighted by Crippen LogP contribution is 2.20. The van der Waals surface area contributed by atoms with Crippen molar-refractivity contribution in [2.24, 2.45) is 29.0 Å². The zero-order valence-corrected chi connectivity index (χ0v) is 54.1. The number of nitrogens with two attached hydrogens (primary N) is 3. The molecule has 33 heteroatoms. The number of guanidine groups is 1. The summed E-state index contributed by atoms with van der Waals surface area (Å²) in [6.07, 6.45) is 2.57. The number of hydrogen-bond acceptors (Lipinski definition) is 18. The van der Waals surface area contributed by atoms with Crippen molar-refractivity contribution < 1.29 is 67.7 Å². The lowest BCUT2D eigenvalue weighted by atomic mass is 10.0. The van der Waals surface area contributed by atoms with Crippen molar-refractivity contribution in [3.8, 4) is 5.75 Å². The van der Waals surface area contributed by atoms with Gasteiger partial charge in [-0.15, -0.1) is 0 Å². The molecule has 2 aromatic carbocycles. The number of carbonyl (C=O) groups excluding carboxylic acids is 11. The molecule has 0 unspecified atom stereocenters. The Morgan fingerprint density at radius 3 is 1.53 bits per heavy atom. The number of hydrogen-bond donors (Lipinski definition) is 21. The van der Waals surface area contributed by atoms with Crippen molar-refractivity contribution in [1.29, 1.82) is 5.41 Å². The fraction of sp³-hybridized carbons (Fsp3) is 0.542. The van der Waals surface area contributed by atoms with Crippen LogP contribution in [-0.2, 0) is 70.4 Å². The van der Waals surface area contributed by atoms with Gasteiger partial charge in [-0.25, -0.2) is 4.79 Å². The van der Waals surface area contributed by atoms with Crippen LogP contribution in [0, 0.1) is 17.2 Å². The molecule has 0 aliphatic rings. The number of carbonyl (C=O) groups is 12. The standard InChI is InChI=1S/C59H91N17O14S2/c1-31(2)21-41(72-50(81)33(5)61)55(86)75-45(29-91)52(83)68-28-49(80)70-44(24-35-25-65-38-12-7-6-11-37(35)38)56(87)71-39(14-10-20-64-59(62)63)53(84)76-46(30-92)57(88)73-42(22-32(3)4)54(85)74-43(23-34-15-17-36(77)18-16-34)51(82)67-26-47(78)66-27-48(79)69-40(58(89)90)13-8-9-19-60/h6-7,11-12,15-18,25,31-33,39-46,65,77,91-92H,8-10,13-14,19-24,26-30,60-61H2,1-5H3,(H,66,78)(H,67,82)(H,68,83)(H,69,79)(H,70,80)(H,71,87)(H,72,81)(H,73,88)(H,74,85)(H,75,86)(H,76,84)(H,89,90)(H4,62,63,64)/t33-,39-,40-,41-,42-,43-,44-,45-,46-/m0/s1. The Kier molecular flexibility index (Phi) is 33.9. The molecule has 0 fully saturated rings. The normalized spacial score (nSPS) is 14.0. The van der Waals surface area contributed by atoms with Crippen molar-refractivity contribution in [3.63, 3.8) is 0 Å². The molecule has 0 bridgehead atoms. The van der Waals surface area contributed by atoms with Crippen molar-refractivity contribution in [2.75, 3.05) is 44.2 Å². The number of unbranched alkanes of at least 4 members (excludes halogenated alkanes) is 1. The highest BCUT2D eigenvalue weighted by atomic mass is 32.1. The number of carboxylic acids is 1. The van der Waals surface area contributed by atoms with Gasteiger partial charge in [0.15, 0.2) is 5.96 Å². The SMILES string of the molecule is CC(C)C[C@H](NC(=O)[C@H](C)N)C(=O)N[C@@H](CS)C(=O)NCC(=O)N[C@@H](Cc1c[nH]c2ccccc12)C(=O)N[C@@H](CCCNC(=N)N)C(=O)N[C@@H](CS)C(=O)N[C@@H](CC(C)C)C(=O)N[C@@H](Cc1ccc(O)cc1)C(=O)NCC(=O)NCC(=O)N[C@@H](CCCCN)C(=O)O. The van der Waals surface area contributed by atoms with Gasteiger partial charge in [-0.1, -0.05) is 58.0 Å². The van der Waals surface area contributed by atoms with Gasteiger partial charge >= 0.3 is 5.97 Å². The maximum absolute atomic E-state index is 14.6. The Morgan fingerprint density at radius 1 is 0.522 bits per heavy atom. The molecule has 3 rings (SSSR count). The van der Waals surface area contributed by atoms with Gasteiger partial charge in [0.05, 0.1) is 25.7 Å². The van der Waals surface area contributed by atoms with Crippen molar-refractivity contribution in [2.45, 2.75) is 147 Å². The lowest BCUT2D eigenvalue weighted by molar-refractivity contribution is -0.142. The summed E-state index contributed by atoms with van der Waals surface area (Å²) in [4.78, 5) is 164. The number of phenolic OH excluding ortho intramolecular Hbond substituents is 1. The quantitative estimate of drug-likeness (QED) is 0.0114. The number of aliphatic carboxylic acids is 1. The van der Waals surface area contributed by atoms with Gasteiger partial charge in [-0.05, 0) is 99.6 Å². The van der Waals surface area contributed by atoms with Gasteiger partial charge < -0.3 is 96.2 Å². The van der Waals surface area contributed by atoms with E-state index in [9.17, 15) is 67.7 Å². The zero-order chi connectivity index (χ0) is 68.6. The van der Waals surface area contributed by atoms with Crippen LogP contribution in [-0.4, -0.2) is 191 Å². The van der Waals surface area contributed by atoms with Crippen molar-refractivity contribution >= 4 is 113 Å². The molecular weight excluding hydrogens is 1230 g/mol. The molecule has 0 radical (unpaired) electrons. The minimum Gasteiger partial charge on any atom is -0.508 e. The van der Waals surface area contributed by atoms with Crippen LogP contribution in [0.25, 0.3) is 10.9 Å². The van der Waals surface area contributed by atoms with Crippen LogP contribution in [0.2, 0.25) is 0 Å². The zero-order valence-electron chi connectivity index (χ0n) is 52.3. The predicted molar refractivity (Wildman–Crippen MR) is 348 cm³/mol. The number of aromatic nitrogens is 1. The summed E-state index contributed by atoms with van der Waals surface area (Å²) in [6, 6.07) is 1.23. The van der Waals surface area contributed by atoms with Gasteiger partial charge in [0.1, 0.15) is 54.1 Å². The Labute approximate surface area is 544 Å². The number of carboxylic acid groups (broad SMARTS) is 1. The lowest BCUT2D eigenvalue weighted by Crippen LogP contribution is -2.60. The second-order valence-electron chi connectivity index (χ2n) is 22.8. The van der Waals surface area contributed by atoms with Crippen molar-refractivity contribution in [3.05, 3.63) is 65.9 Å². The van der Waals surface area contributed by atoms with Crippen LogP contribution in [0.5, 0.6) is 5.75 Å². The Morgan fingerprint density at radius 2 is 0.978 bits per heavy atom. The van der Waals surface area contributed by atoms with Crippen LogP contribution < -0.4 is 81.0 Å². The van der Waals surface area contributed by atoms with Crippen LogP contribution >= 0.6 is 25.3 Å². The van der Waals surface area contributed by atoms with E-state index in [1.54, 1.807) is 44.3 Å². The van der Waals surface area contributed by atoms with Crippen LogP contribution in [0.15, 0.2) is 54.7 Å². The van der Waals surface area contributed by atoms with Crippen molar-refractivity contribution in [1.82, 2.24) is 68.8 Å². The van der Waals surface area contributed by atoms with Gasteiger partial charge in [0.25, 0.3) is 0 Å². The fourth-order valence-electron chi connectivity index (χ4n) is 9.13. The summed E-state index contributed by atoms with van der Waals surface area (Å²) in [7, 11) is 0. The van der Waals surface area contributed by atoms with Gasteiger partial charge in [0.2, 0.25) is 65.0 Å². The monoisotopic (exact) mass is 1330 g/mol. The molecule has 3 aromatic rings. The minimum atomic E-state index is -1.48. The van der Waals surface area contributed by atoms with E-state index in [0.717, 1.165) is 0 Å². The van der Waals surface area contributed by atoms with E-state index in [1.807, 2.05) is 13.8 Å². The summed E-state index contributed by atoms with van der Waals surface area (Å²) < 4.78 is 0. The Balaban J connectivity index is 1.85. The molecule has 31 nitrogen and oxygen atoms in total. The number of amides is 11. The van der Waals surface area contributed by atoms with Crippen LogP contribution in [0.3, 0.4) is 0 Å². The first-order valence-electron chi connectivity index (χ1n) is 30.1. The Hall–Kier alpha value is -8.69. The first kappa shape index (κ1) is 77.6. The first-order chi connectivity index (χ1) is 43.5. The molecule has 22 N–H and O–H groups in total. The molecule has 9 atom stereocenters. The van der Waals surface area contributed by atoms with E-state index >= 15 is 0 Å². The average Bonchev–Trinajstić information content (AvgIpc) is 1.69. The first-order valence-corrected chi connectivity index (χ1v) is 31.4. The minimum absolute atomic E-state index is 0.00517. The number of aromatic amines is 1. The Bertz CT molecular complexity index is 3000. The molecule has 92 heavy (non-hydrogen) atoms. The summed E-state index contributed by atoms with van der Waals surface area (Å²) >= 11 is 8.56. The maximum atomic E-state index is 14.6. The van der Waals surface area contributed by atoms with Gasteiger partial charge in [-0.2, -0.15) is 25.3 Å². The number of para-hydroxylation sites is 1. The third-order valence-corrected chi connectivity index (χ3v) is 14.7. The average molecular weight is 1330 g/mol. The van der Waals surface area contributed by atoms with E-state index in [2.05, 4.69) is 94.0 Å². The fourth-order valence-corrected chi connectivity index (χ4v) is 9.64. The number of fused-ring (bicyclic) bond motifs is 1.